The zero-order valence-electron chi connectivity index (χ0n) is 17.0. The molecule has 32 heavy (non-hydrogen) atoms. The van der Waals surface area contributed by atoms with E-state index in [1.165, 1.54) is 11.6 Å². The molecule has 0 unspecified atom stereocenters. The van der Waals surface area contributed by atoms with Crippen molar-refractivity contribution in [2.45, 2.75) is 6.92 Å². The molecule has 1 heterocycles. The predicted octanol–water partition coefficient (Wildman–Crippen LogP) is 5.77. The standard InChI is InChI=1S/C22H19N4O5P/c1-17-21(26(27)28)22(25(23-17)18-11-5-2-6-12-18)24-32(29,30-19-13-7-3-8-14-19)31-20-15-9-4-10-16-20/h2-16H,1H3,(H,24,29). The second kappa shape index (κ2) is 8.95. The van der Waals surface area contributed by atoms with E-state index in [0.717, 1.165) is 0 Å². The van der Waals surface area contributed by atoms with Gasteiger partial charge in [-0.2, -0.15) is 5.10 Å². The van der Waals surface area contributed by atoms with Gasteiger partial charge in [0, 0.05) is 0 Å². The molecule has 0 spiro atoms. The molecule has 10 heteroatoms. The summed E-state index contributed by atoms with van der Waals surface area (Å²) in [6.45, 7) is 1.50. The van der Waals surface area contributed by atoms with E-state index in [1.807, 2.05) is 6.07 Å². The van der Waals surface area contributed by atoms with Gasteiger partial charge in [0.2, 0.25) is 5.82 Å². The van der Waals surface area contributed by atoms with Crippen LogP contribution in [0, 0.1) is 17.0 Å². The minimum absolute atomic E-state index is 0.117. The molecule has 0 aliphatic rings. The molecule has 9 nitrogen and oxygen atoms in total. The third-order valence-electron chi connectivity index (χ3n) is 4.39. The Bertz CT molecular complexity index is 1220. The Hall–Kier alpha value is -4.10. The summed E-state index contributed by atoms with van der Waals surface area (Å²) >= 11 is 0. The number of hydrogen-bond acceptors (Lipinski definition) is 6. The van der Waals surface area contributed by atoms with Crippen LogP contribution >= 0.6 is 7.75 Å². The highest BCUT2D eigenvalue weighted by Crippen LogP contribution is 2.50. The molecule has 162 valence electrons. The van der Waals surface area contributed by atoms with E-state index < -0.39 is 12.7 Å². The first kappa shape index (κ1) is 21.1. The lowest BCUT2D eigenvalue weighted by atomic mass is 10.3. The smallest absolute Gasteiger partial charge is 0.400 e. The number of para-hydroxylation sites is 3. The van der Waals surface area contributed by atoms with Gasteiger partial charge in [0.25, 0.3) is 0 Å². The molecule has 3 aromatic carbocycles. The first-order valence-electron chi connectivity index (χ1n) is 9.62. The van der Waals surface area contributed by atoms with Crippen LogP contribution in [0.5, 0.6) is 11.5 Å². The zero-order valence-corrected chi connectivity index (χ0v) is 17.9. The van der Waals surface area contributed by atoms with Crippen molar-refractivity contribution >= 4 is 19.3 Å². The van der Waals surface area contributed by atoms with Crippen molar-refractivity contribution in [2.75, 3.05) is 5.09 Å². The first-order valence-corrected chi connectivity index (χ1v) is 11.2. The Morgan fingerprint density at radius 2 is 1.34 bits per heavy atom. The molecule has 4 rings (SSSR count). The van der Waals surface area contributed by atoms with Crippen molar-refractivity contribution in [3.05, 3.63) is 107 Å². The van der Waals surface area contributed by atoms with Gasteiger partial charge in [-0.15, -0.1) is 0 Å². The number of hydrogen-bond donors (Lipinski definition) is 1. The Morgan fingerprint density at radius 3 is 1.81 bits per heavy atom. The fourth-order valence-electron chi connectivity index (χ4n) is 3.03. The molecule has 0 saturated heterocycles. The number of benzene rings is 3. The van der Waals surface area contributed by atoms with Crippen LogP contribution in [-0.2, 0) is 4.57 Å². The van der Waals surface area contributed by atoms with Gasteiger partial charge in [0.15, 0.2) is 0 Å². The molecule has 0 bridgehead atoms. The number of nitro groups is 1. The van der Waals surface area contributed by atoms with E-state index in [0.29, 0.717) is 5.69 Å². The summed E-state index contributed by atoms with van der Waals surface area (Å²) in [5.74, 6) is 0.419. The van der Waals surface area contributed by atoms with Crippen molar-refractivity contribution in [3.63, 3.8) is 0 Å². The molecule has 1 aromatic heterocycles. The van der Waals surface area contributed by atoms with E-state index in [9.17, 15) is 14.7 Å². The normalized spacial score (nSPS) is 11.0. The average Bonchev–Trinajstić information content (AvgIpc) is 3.11. The van der Waals surface area contributed by atoms with Crippen LogP contribution in [0.4, 0.5) is 11.5 Å². The van der Waals surface area contributed by atoms with Crippen LogP contribution in [0.1, 0.15) is 5.69 Å². The van der Waals surface area contributed by atoms with Crippen molar-refractivity contribution in [1.29, 1.82) is 0 Å². The number of aryl methyl sites for hydroxylation is 1. The second-order valence-corrected chi connectivity index (χ2v) is 8.29. The number of anilines is 1. The predicted molar refractivity (Wildman–Crippen MR) is 120 cm³/mol. The minimum atomic E-state index is -4.20. The lowest BCUT2D eigenvalue weighted by Gasteiger charge is -2.21. The van der Waals surface area contributed by atoms with E-state index in [2.05, 4.69) is 10.2 Å². The highest BCUT2D eigenvalue weighted by atomic mass is 31.2. The number of rotatable bonds is 8. The Morgan fingerprint density at radius 1 is 0.875 bits per heavy atom. The zero-order chi connectivity index (χ0) is 22.6. The van der Waals surface area contributed by atoms with E-state index in [-0.39, 0.29) is 28.7 Å². The van der Waals surface area contributed by atoms with E-state index in [1.54, 1.807) is 84.9 Å². The van der Waals surface area contributed by atoms with Gasteiger partial charge >= 0.3 is 13.4 Å². The minimum Gasteiger partial charge on any atom is -0.400 e. The lowest BCUT2D eigenvalue weighted by Crippen LogP contribution is -2.13. The lowest BCUT2D eigenvalue weighted by molar-refractivity contribution is -0.384. The summed E-state index contributed by atoms with van der Waals surface area (Å²) in [5.41, 5.74) is 0.354. The molecule has 0 fully saturated rings. The Labute approximate surface area is 184 Å². The van der Waals surface area contributed by atoms with Gasteiger partial charge in [-0.05, 0) is 43.3 Å². The Balaban J connectivity index is 1.81. The molecule has 0 aliphatic heterocycles. The number of nitrogens with one attached hydrogen (secondary N) is 1. The molecule has 0 atom stereocenters. The Kier molecular flexibility index (Phi) is 5.91. The second-order valence-electron chi connectivity index (χ2n) is 6.71. The summed E-state index contributed by atoms with van der Waals surface area (Å²) in [6, 6.07) is 25.6. The van der Waals surface area contributed by atoms with Crippen molar-refractivity contribution in [3.8, 4) is 17.2 Å². The van der Waals surface area contributed by atoms with Gasteiger partial charge in [-0.25, -0.2) is 9.25 Å². The third kappa shape index (κ3) is 4.63. The molecule has 0 saturated carbocycles. The first-order chi connectivity index (χ1) is 15.5. The van der Waals surface area contributed by atoms with Gasteiger partial charge < -0.3 is 9.05 Å². The molecule has 0 amide bonds. The molecule has 1 N–H and O–H groups in total. The quantitative estimate of drug-likeness (QED) is 0.206. The van der Waals surface area contributed by atoms with Gasteiger partial charge in [0.1, 0.15) is 17.2 Å². The highest BCUT2D eigenvalue weighted by Gasteiger charge is 2.36. The molecule has 0 aliphatic carbocycles. The summed E-state index contributed by atoms with van der Waals surface area (Å²) in [5, 5.41) is 18.8. The maximum atomic E-state index is 13.9. The monoisotopic (exact) mass is 450 g/mol. The van der Waals surface area contributed by atoms with Crippen LogP contribution in [0.2, 0.25) is 0 Å². The van der Waals surface area contributed by atoms with E-state index >= 15 is 0 Å². The van der Waals surface area contributed by atoms with Crippen molar-refractivity contribution in [1.82, 2.24) is 9.78 Å². The summed E-state index contributed by atoms with van der Waals surface area (Å²) in [4.78, 5) is 11.2. The summed E-state index contributed by atoms with van der Waals surface area (Å²) < 4.78 is 26.6. The van der Waals surface area contributed by atoms with Gasteiger partial charge in [-0.1, -0.05) is 54.6 Å². The topological polar surface area (TPSA) is 109 Å². The van der Waals surface area contributed by atoms with Crippen molar-refractivity contribution < 1.29 is 18.5 Å². The van der Waals surface area contributed by atoms with Gasteiger partial charge in [0.05, 0.1) is 10.6 Å². The van der Waals surface area contributed by atoms with Crippen LogP contribution < -0.4 is 14.1 Å². The molecule has 0 radical (unpaired) electrons. The highest BCUT2D eigenvalue weighted by molar-refractivity contribution is 7.56. The largest absolute Gasteiger partial charge is 0.543 e. The fraction of sp³-hybridized carbons (Fsp3) is 0.0455. The van der Waals surface area contributed by atoms with Gasteiger partial charge in [-0.3, -0.25) is 15.2 Å². The van der Waals surface area contributed by atoms with Crippen molar-refractivity contribution in [2.24, 2.45) is 0 Å². The molecular weight excluding hydrogens is 431 g/mol. The molecule has 4 aromatic rings. The maximum absolute atomic E-state index is 13.9. The third-order valence-corrected chi connectivity index (χ3v) is 5.78. The van der Waals surface area contributed by atoms with Crippen LogP contribution in [-0.4, -0.2) is 14.7 Å². The summed E-state index contributed by atoms with van der Waals surface area (Å²) in [7, 11) is -4.20. The van der Waals surface area contributed by atoms with Crippen LogP contribution in [0.25, 0.3) is 5.69 Å². The fourth-order valence-corrected chi connectivity index (χ4v) is 4.42. The van der Waals surface area contributed by atoms with E-state index in [4.69, 9.17) is 9.05 Å². The number of nitrogens with zero attached hydrogens (tertiary/aromatic N) is 3. The molecular formula is C22H19N4O5P. The van der Waals surface area contributed by atoms with Crippen LogP contribution in [0.15, 0.2) is 91.0 Å². The number of aromatic nitrogens is 2. The maximum Gasteiger partial charge on any atom is 0.543 e. The average molecular weight is 450 g/mol. The summed E-state index contributed by atoms with van der Waals surface area (Å²) in [6.07, 6.45) is 0. The SMILES string of the molecule is Cc1nn(-c2ccccc2)c(NP(=O)(Oc2ccccc2)Oc2ccccc2)c1[N+](=O)[O-]. The van der Waals surface area contributed by atoms with Crippen LogP contribution in [0.3, 0.4) is 0 Å².